The summed E-state index contributed by atoms with van der Waals surface area (Å²) in [6.07, 6.45) is 4.45. The van der Waals surface area contributed by atoms with E-state index in [1.54, 1.807) is 0 Å². The summed E-state index contributed by atoms with van der Waals surface area (Å²) in [5.74, 6) is 0.385. The highest BCUT2D eigenvalue weighted by molar-refractivity contribution is 7.51. The van der Waals surface area contributed by atoms with Crippen molar-refractivity contribution in [2.24, 2.45) is 5.92 Å². The first kappa shape index (κ1) is 16.4. The van der Waals surface area contributed by atoms with E-state index in [1.807, 2.05) is 30.3 Å². The van der Waals surface area contributed by atoms with Crippen molar-refractivity contribution in [1.82, 2.24) is 0 Å². The average molecular weight is 284 g/mol. The summed E-state index contributed by atoms with van der Waals surface area (Å²) in [7, 11) is -3.51. The van der Waals surface area contributed by atoms with Crippen molar-refractivity contribution in [2.75, 3.05) is 6.61 Å². The van der Waals surface area contributed by atoms with Gasteiger partial charge in [0.05, 0.1) is 12.8 Å². The highest BCUT2D eigenvalue weighted by atomic mass is 31.2. The molecule has 2 unspecified atom stereocenters. The van der Waals surface area contributed by atoms with Crippen molar-refractivity contribution >= 4 is 7.60 Å². The van der Waals surface area contributed by atoms with E-state index in [1.165, 1.54) is 0 Å². The van der Waals surface area contributed by atoms with Crippen LogP contribution in [-0.2, 0) is 15.3 Å². The lowest BCUT2D eigenvalue weighted by Crippen LogP contribution is -2.08. The molecule has 0 aliphatic rings. The molecule has 0 spiro atoms. The lowest BCUT2D eigenvalue weighted by molar-refractivity contribution is 0.203. The van der Waals surface area contributed by atoms with Crippen LogP contribution in [0, 0.1) is 5.92 Å². The lowest BCUT2D eigenvalue weighted by atomic mass is 10.0. The molecule has 3 nitrogen and oxygen atoms in total. The van der Waals surface area contributed by atoms with E-state index in [2.05, 4.69) is 13.8 Å². The van der Waals surface area contributed by atoms with Crippen molar-refractivity contribution in [1.29, 1.82) is 0 Å². The minimum atomic E-state index is -3.51. The molecule has 1 aromatic carbocycles. The van der Waals surface area contributed by atoms with Crippen LogP contribution in [0.2, 0.25) is 0 Å². The largest absolute Gasteiger partial charge is 0.332 e. The molecule has 1 aromatic rings. The summed E-state index contributed by atoms with van der Waals surface area (Å²) < 4.78 is 17.3. The molecule has 4 heteroatoms. The molecule has 0 heterocycles. The van der Waals surface area contributed by atoms with Gasteiger partial charge in [0.25, 0.3) is 0 Å². The van der Waals surface area contributed by atoms with E-state index in [4.69, 9.17) is 4.52 Å². The van der Waals surface area contributed by atoms with Crippen molar-refractivity contribution < 1.29 is 14.0 Å². The van der Waals surface area contributed by atoms with Crippen LogP contribution in [0.25, 0.3) is 0 Å². The SMILES string of the molecule is CCCCC(CC)COP(=O)(O)Cc1ccccc1. The summed E-state index contributed by atoms with van der Waals surface area (Å²) in [5.41, 5.74) is 0.843. The Kier molecular flexibility index (Phi) is 7.37. The molecular weight excluding hydrogens is 259 g/mol. The molecule has 0 amide bonds. The van der Waals surface area contributed by atoms with Gasteiger partial charge in [0.15, 0.2) is 0 Å². The molecule has 1 N–H and O–H groups in total. The lowest BCUT2D eigenvalue weighted by Gasteiger charge is -2.18. The molecule has 0 saturated carbocycles. The van der Waals surface area contributed by atoms with Crippen LogP contribution in [0.1, 0.15) is 45.1 Å². The molecule has 0 fully saturated rings. The van der Waals surface area contributed by atoms with E-state index < -0.39 is 7.60 Å². The summed E-state index contributed by atoms with van der Waals surface area (Å²) in [5, 5.41) is 0. The smallest absolute Gasteiger partial charge is 0.324 e. The standard InChI is InChI=1S/C15H25O3P/c1-3-5-9-14(4-2)12-18-19(16,17)13-15-10-7-6-8-11-15/h6-8,10-11,14H,3-5,9,12-13H2,1-2H3,(H,16,17). The molecule has 2 atom stereocenters. The van der Waals surface area contributed by atoms with Crippen LogP contribution in [0.3, 0.4) is 0 Å². The second-order valence-corrected chi connectivity index (χ2v) is 6.84. The summed E-state index contributed by atoms with van der Waals surface area (Å²) in [6.45, 7) is 4.64. The fourth-order valence-corrected chi connectivity index (χ4v) is 3.19. The Bertz CT molecular complexity index is 392. The van der Waals surface area contributed by atoms with Gasteiger partial charge in [-0.2, -0.15) is 0 Å². The van der Waals surface area contributed by atoms with E-state index in [0.29, 0.717) is 12.5 Å². The fourth-order valence-electron chi connectivity index (χ4n) is 1.98. The van der Waals surface area contributed by atoms with Crippen LogP contribution in [0.5, 0.6) is 0 Å². The molecule has 0 aliphatic carbocycles. The van der Waals surface area contributed by atoms with E-state index in [0.717, 1.165) is 31.2 Å². The summed E-state index contributed by atoms with van der Waals surface area (Å²) >= 11 is 0. The highest BCUT2D eigenvalue weighted by Gasteiger charge is 2.21. The minimum Gasteiger partial charge on any atom is -0.324 e. The van der Waals surface area contributed by atoms with E-state index >= 15 is 0 Å². The monoisotopic (exact) mass is 284 g/mol. The van der Waals surface area contributed by atoms with Gasteiger partial charge >= 0.3 is 7.60 Å². The van der Waals surface area contributed by atoms with Gasteiger partial charge in [0, 0.05) is 0 Å². The van der Waals surface area contributed by atoms with Crippen LogP contribution in [0.15, 0.2) is 30.3 Å². The Hall–Kier alpha value is -0.630. The first-order chi connectivity index (χ1) is 9.07. The second-order valence-electron chi connectivity index (χ2n) is 4.99. The zero-order valence-electron chi connectivity index (χ0n) is 11.9. The molecule has 19 heavy (non-hydrogen) atoms. The van der Waals surface area contributed by atoms with Crippen LogP contribution >= 0.6 is 7.60 Å². The van der Waals surface area contributed by atoms with Crippen molar-refractivity contribution in [3.63, 3.8) is 0 Å². The molecule has 0 saturated heterocycles. The number of unbranched alkanes of at least 4 members (excludes halogenated alkanes) is 1. The predicted octanol–water partition coefficient (Wildman–Crippen LogP) is 4.61. The van der Waals surface area contributed by atoms with Crippen molar-refractivity contribution in [2.45, 2.75) is 45.7 Å². The van der Waals surface area contributed by atoms with Crippen molar-refractivity contribution in [3.05, 3.63) is 35.9 Å². The predicted molar refractivity (Wildman–Crippen MR) is 79.2 cm³/mol. The molecular formula is C15H25O3P. The Morgan fingerprint density at radius 1 is 1.26 bits per heavy atom. The molecule has 1 rings (SSSR count). The molecule has 0 aromatic heterocycles. The summed E-state index contributed by atoms with van der Waals surface area (Å²) in [4.78, 5) is 9.87. The van der Waals surface area contributed by atoms with E-state index in [9.17, 15) is 9.46 Å². The van der Waals surface area contributed by atoms with Crippen molar-refractivity contribution in [3.8, 4) is 0 Å². The zero-order chi connectivity index (χ0) is 14.1. The summed E-state index contributed by atoms with van der Waals surface area (Å²) in [6, 6.07) is 9.32. The van der Waals surface area contributed by atoms with Gasteiger partial charge < -0.3 is 9.42 Å². The van der Waals surface area contributed by atoms with Crippen LogP contribution in [-0.4, -0.2) is 11.5 Å². The Morgan fingerprint density at radius 2 is 1.95 bits per heavy atom. The second kappa shape index (κ2) is 8.52. The Morgan fingerprint density at radius 3 is 2.53 bits per heavy atom. The zero-order valence-corrected chi connectivity index (χ0v) is 12.8. The number of benzene rings is 1. The van der Waals surface area contributed by atoms with Gasteiger partial charge in [-0.25, -0.2) is 0 Å². The highest BCUT2D eigenvalue weighted by Crippen LogP contribution is 2.46. The Labute approximate surface area is 116 Å². The normalized spacial score (nSPS) is 15.9. The molecule has 0 radical (unpaired) electrons. The third-order valence-electron chi connectivity index (χ3n) is 3.28. The maximum absolute atomic E-state index is 12.0. The first-order valence-electron chi connectivity index (χ1n) is 7.07. The molecule has 108 valence electrons. The van der Waals surface area contributed by atoms with Gasteiger partial charge in [-0.1, -0.05) is 63.4 Å². The van der Waals surface area contributed by atoms with Crippen LogP contribution in [0.4, 0.5) is 0 Å². The minimum absolute atomic E-state index is 0.0953. The number of hydrogen-bond donors (Lipinski definition) is 1. The third-order valence-corrected chi connectivity index (χ3v) is 4.60. The van der Waals surface area contributed by atoms with Gasteiger partial charge in [0.1, 0.15) is 0 Å². The average Bonchev–Trinajstić information content (AvgIpc) is 2.39. The van der Waals surface area contributed by atoms with Gasteiger partial charge in [-0.05, 0) is 17.9 Å². The van der Waals surface area contributed by atoms with Crippen LogP contribution < -0.4 is 0 Å². The number of rotatable bonds is 9. The number of hydrogen-bond acceptors (Lipinski definition) is 2. The van der Waals surface area contributed by atoms with Gasteiger partial charge in [-0.15, -0.1) is 0 Å². The Balaban J connectivity index is 2.43. The maximum atomic E-state index is 12.0. The fraction of sp³-hybridized carbons (Fsp3) is 0.600. The third kappa shape index (κ3) is 6.91. The molecule has 0 bridgehead atoms. The van der Waals surface area contributed by atoms with Gasteiger partial charge in [-0.3, -0.25) is 4.57 Å². The first-order valence-corrected chi connectivity index (χ1v) is 8.84. The molecule has 0 aliphatic heterocycles. The maximum Gasteiger partial charge on any atom is 0.332 e. The van der Waals surface area contributed by atoms with Gasteiger partial charge in [0.2, 0.25) is 0 Å². The topological polar surface area (TPSA) is 46.5 Å². The van der Waals surface area contributed by atoms with E-state index in [-0.39, 0.29) is 6.16 Å². The quantitative estimate of drug-likeness (QED) is 0.674.